The summed E-state index contributed by atoms with van der Waals surface area (Å²) < 4.78 is 16.3. The molecule has 1 amide bonds. The normalized spacial score (nSPS) is 12.2. The van der Waals surface area contributed by atoms with Crippen LogP contribution in [0.15, 0.2) is 53.0 Å². The number of nitrogens with one attached hydrogen (secondary N) is 1. The number of amides is 1. The van der Waals surface area contributed by atoms with Crippen LogP contribution < -0.4 is 14.8 Å². The fraction of sp³-hybridized carbons (Fsp3) is 0.111. The molecule has 0 radical (unpaired) electrons. The van der Waals surface area contributed by atoms with Gasteiger partial charge in [0.15, 0.2) is 18.1 Å². The van der Waals surface area contributed by atoms with Gasteiger partial charge in [-0.3, -0.25) is 4.79 Å². The van der Waals surface area contributed by atoms with Crippen molar-refractivity contribution >= 4 is 39.6 Å². The van der Waals surface area contributed by atoms with E-state index in [1.807, 2.05) is 24.3 Å². The van der Waals surface area contributed by atoms with Gasteiger partial charge in [-0.2, -0.15) is 0 Å². The molecule has 0 spiro atoms. The van der Waals surface area contributed by atoms with Gasteiger partial charge in [-0.1, -0.05) is 28.1 Å². The van der Waals surface area contributed by atoms with Crippen molar-refractivity contribution in [2.45, 2.75) is 0 Å². The largest absolute Gasteiger partial charge is 0.454 e. The maximum atomic E-state index is 11.8. The summed E-state index contributed by atoms with van der Waals surface area (Å²) in [6.45, 7) is -0.215. The Labute approximate surface area is 152 Å². The molecule has 2 aromatic carbocycles. The number of halogens is 1. The van der Waals surface area contributed by atoms with Crippen LogP contribution in [0.1, 0.15) is 5.56 Å². The van der Waals surface area contributed by atoms with Gasteiger partial charge in [0, 0.05) is 22.3 Å². The summed E-state index contributed by atoms with van der Waals surface area (Å²) >= 11 is 3.33. The number of carbonyl (C=O) groups excluding carboxylic acids is 2. The van der Waals surface area contributed by atoms with E-state index in [1.165, 1.54) is 6.08 Å². The smallest absolute Gasteiger partial charge is 0.331 e. The summed E-state index contributed by atoms with van der Waals surface area (Å²) in [5.74, 6) is 0.155. The first kappa shape index (κ1) is 17.0. The molecule has 0 fully saturated rings. The Morgan fingerprint density at radius 2 is 1.88 bits per heavy atom. The van der Waals surface area contributed by atoms with Crippen molar-refractivity contribution in [1.82, 2.24) is 0 Å². The minimum absolute atomic E-state index is 0.162. The van der Waals surface area contributed by atoms with Gasteiger partial charge in [0.2, 0.25) is 6.79 Å². The predicted octanol–water partition coefficient (Wildman–Crippen LogP) is 3.37. The lowest BCUT2D eigenvalue weighted by atomic mass is 10.2. The van der Waals surface area contributed by atoms with Gasteiger partial charge in [0.05, 0.1) is 0 Å². The molecule has 1 aliphatic heterocycles. The topological polar surface area (TPSA) is 73.9 Å². The van der Waals surface area contributed by atoms with E-state index in [0.29, 0.717) is 17.2 Å². The van der Waals surface area contributed by atoms with Crippen LogP contribution in [0.4, 0.5) is 5.69 Å². The molecule has 0 unspecified atom stereocenters. The molecule has 128 valence electrons. The van der Waals surface area contributed by atoms with Gasteiger partial charge in [-0.05, 0) is 35.9 Å². The molecule has 0 aliphatic carbocycles. The molecular formula is C18H14BrNO5. The van der Waals surface area contributed by atoms with Crippen molar-refractivity contribution in [3.63, 3.8) is 0 Å². The van der Waals surface area contributed by atoms with E-state index in [1.54, 1.807) is 24.3 Å². The number of ether oxygens (including phenoxy) is 3. The van der Waals surface area contributed by atoms with E-state index in [9.17, 15) is 9.59 Å². The molecular weight excluding hydrogens is 390 g/mol. The van der Waals surface area contributed by atoms with Gasteiger partial charge in [0.25, 0.3) is 5.91 Å². The van der Waals surface area contributed by atoms with E-state index < -0.39 is 11.9 Å². The number of anilines is 1. The lowest BCUT2D eigenvalue weighted by molar-refractivity contribution is -0.142. The van der Waals surface area contributed by atoms with Crippen molar-refractivity contribution in [2.24, 2.45) is 0 Å². The van der Waals surface area contributed by atoms with Crippen LogP contribution in [0.3, 0.4) is 0 Å². The molecule has 1 heterocycles. The van der Waals surface area contributed by atoms with Gasteiger partial charge in [-0.25, -0.2) is 4.79 Å². The molecule has 1 N–H and O–H groups in total. The van der Waals surface area contributed by atoms with E-state index in [4.69, 9.17) is 14.2 Å². The first-order chi connectivity index (χ1) is 12.1. The van der Waals surface area contributed by atoms with Crippen LogP contribution in [0.25, 0.3) is 6.08 Å². The first-order valence-corrected chi connectivity index (χ1v) is 8.19. The quantitative estimate of drug-likeness (QED) is 0.611. The Morgan fingerprint density at radius 1 is 1.12 bits per heavy atom. The van der Waals surface area contributed by atoms with Gasteiger partial charge in [-0.15, -0.1) is 0 Å². The summed E-state index contributed by atoms with van der Waals surface area (Å²) in [5, 5.41) is 2.63. The second-order valence-electron chi connectivity index (χ2n) is 5.11. The highest BCUT2D eigenvalue weighted by molar-refractivity contribution is 9.10. The van der Waals surface area contributed by atoms with Crippen molar-refractivity contribution in [2.75, 3.05) is 18.7 Å². The van der Waals surface area contributed by atoms with Crippen LogP contribution >= 0.6 is 15.9 Å². The van der Waals surface area contributed by atoms with Crippen molar-refractivity contribution < 1.29 is 23.8 Å². The Balaban J connectivity index is 1.47. The predicted molar refractivity (Wildman–Crippen MR) is 95.3 cm³/mol. The summed E-state index contributed by atoms with van der Waals surface area (Å²) in [7, 11) is 0. The van der Waals surface area contributed by atoms with E-state index >= 15 is 0 Å². The Bertz CT molecular complexity index is 817. The molecule has 3 rings (SSSR count). The summed E-state index contributed by atoms with van der Waals surface area (Å²) in [6, 6.07) is 12.5. The number of benzene rings is 2. The average Bonchev–Trinajstić information content (AvgIpc) is 3.07. The van der Waals surface area contributed by atoms with Crippen molar-refractivity contribution in [3.8, 4) is 11.5 Å². The van der Waals surface area contributed by atoms with Crippen LogP contribution in [0.2, 0.25) is 0 Å². The minimum Gasteiger partial charge on any atom is -0.454 e. The lowest BCUT2D eigenvalue weighted by Crippen LogP contribution is -2.20. The lowest BCUT2D eigenvalue weighted by Gasteiger charge is -2.06. The maximum absolute atomic E-state index is 11.8. The molecule has 0 atom stereocenters. The number of carbonyl (C=O) groups is 2. The van der Waals surface area contributed by atoms with Crippen LogP contribution in [-0.4, -0.2) is 25.3 Å². The summed E-state index contributed by atoms with van der Waals surface area (Å²) in [6.07, 6.45) is 2.89. The number of fused-ring (bicyclic) bond motifs is 1. The van der Waals surface area contributed by atoms with Crippen LogP contribution in [0, 0.1) is 0 Å². The summed E-state index contributed by atoms with van der Waals surface area (Å²) in [4.78, 5) is 23.5. The fourth-order valence-electron chi connectivity index (χ4n) is 2.09. The Kier molecular flexibility index (Phi) is 5.35. The van der Waals surface area contributed by atoms with E-state index in [2.05, 4.69) is 21.2 Å². The third-order valence-corrected chi connectivity index (χ3v) is 3.81. The molecule has 2 aromatic rings. The Hall–Kier alpha value is -2.80. The number of esters is 1. The molecule has 6 nitrogen and oxygen atoms in total. The average molecular weight is 404 g/mol. The van der Waals surface area contributed by atoms with Crippen molar-refractivity contribution in [3.05, 3.63) is 58.6 Å². The molecule has 25 heavy (non-hydrogen) atoms. The third-order valence-electron chi connectivity index (χ3n) is 3.28. The zero-order valence-corrected chi connectivity index (χ0v) is 14.6. The standard InChI is InChI=1S/C18H14BrNO5/c19-13-4-1-12(2-5-13)3-8-18(22)23-10-17(21)20-14-6-7-15-16(9-14)25-11-24-15/h1-9H,10-11H2,(H,20,21)/b8-3+. The van der Waals surface area contributed by atoms with Gasteiger partial charge in [0.1, 0.15) is 0 Å². The monoisotopic (exact) mass is 403 g/mol. The maximum Gasteiger partial charge on any atom is 0.331 e. The molecule has 1 aliphatic rings. The van der Waals surface area contributed by atoms with Crippen LogP contribution in [0.5, 0.6) is 11.5 Å². The third kappa shape index (κ3) is 4.84. The molecule has 0 saturated heterocycles. The van der Waals surface area contributed by atoms with Gasteiger partial charge < -0.3 is 19.5 Å². The second-order valence-corrected chi connectivity index (χ2v) is 6.02. The number of rotatable bonds is 5. The number of hydrogen-bond acceptors (Lipinski definition) is 5. The molecule has 0 bridgehead atoms. The fourth-order valence-corrected chi connectivity index (χ4v) is 2.36. The van der Waals surface area contributed by atoms with E-state index in [-0.39, 0.29) is 13.4 Å². The molecule has 0 saturated carbocycles. The highest BCUT2D eigenvalue weighted by atomic mass is 79.9. The SMILES string of the molecule is O=C(COC(=O)/C=C/c1ccc(Br)cc1)Nc1ccc2c(c1)OCO2. The van der Waals surface area contributed by atoms with Crippen molar-refractivity contribution in [1.29, 1.82) is 0 Å². The number of hydrogen-bond donors (Lipinski definition) is 1. The first-order valence-electron chi connectivity index (χ1n) is 7.40. The van der Waals surface area contributed by atoms with E-state index in [0.717, 1.165) is 10.0 Å². The molecule has 7 heteroatoms. The summed E-state index contributed by atoms with van der Waals surface area (Å²) in [5.41, 5.74) is 1.39. The van der Waals surface area contributed by atoms with Crippen LogP contribution in [-0.2, 0) is 14.3 Å². The Morgan fingerprint density at radius 3 is 2.68 bits per heavy atom. The highest BCUT2D eigenvalue weighted by Gasteiger charge is 2.14. The minimum atomic E-state index is -0.594. The van der Waals surface area contributed by atoms with Gasteiger partial charge >= 0.3 is 5.97 Å². The zero-order valence-electron chi connectivity index (χ0n) is 13.0. The zero-order chi connectivity index (χ0) is 17.6. The molecule has 0 aromatic heterocycles. The highest BCUT2D eigenvalue weighted by Crippen LogP contribution is 2.34. The second kappa shape index (κ2) is 7.85.